The van der Waals surface area contributed by atoms with Crippen molar-refractivity contribution in [1.29, 1.82) is 0 Å². The van der Waals surface area contributed by atoms with Crippen LogP contribution in [0.5, 0.6) is 0 Å². The second-order valence-corrected chi connectivity index (χ2v) is 7.89. The van der Waals surface area contributed by atoms with E-state index in [2.05, 4.69) is 10.4 Å². The van der Waals surface area contributed by atoms with Crippen LogP contribution in [-0.4, -0.2) is 48.7 Å². The normalized spacial score (nSPS) is 15.6. The van der Waals surface area contributed by atoms with Gasteiger partial charge in [-0.3, -0.25) is 4.79 Å². The van der Waals surface area contributed by atoms with Crippen LogP contribution in [0.3, 0.4) is 0 Å². The van der Waals surface area contributed by atoms with E-state index in [-0.39, 0.29) is 27.3 Å². The van der Waals surface area contributed by atoms with E-state index in [1.165, 1.54) is 34.8 Å². The molecule has 0 aliphatic carbocycles. The van der Waals surface area contributed by atoms with Gasteiger partial charge in [-0.05, 0) is 24.3 Å². The number of hydrogen-bond donors (Lipinski definition) is 1. The van der Waals surface area contributed by atoms with Crippen LogP contribution in [0.15, 0.2) is 40.2 Å². The largest absolute Gasteiger partial charge is 0.314 e. The number of halogens is 3. The maximum Gasteiger partial charge on any atom is 0.291 e. The molecule has 2 aromatic rings. The molecule has 1 fully saturated rings. The molecule has 0 amide bonds. The standard InChI is InChI=1S/C14H14Cl2N4O3S.ClH/c15-12-9-18-20(14(21)13(12)16)10-1-3-11(4-2-10)24(22,23)19-7-5-17-6-8-19;/h1-4,9,17H,5-8H2;1H. The van der Waals surface area contributed by atoms with E-state index in [4.69, 9.17) is 23.2 Å². The lowest BCUT2D eigenvalue weighted by molar-refractivity contribution is 0.360. The third-order valence-electron chi connectivity index (χ3n) is 3.67. The Balaban J connectivity index is 0.00000225. The van der Waals surface area contributed by atoms with E-state index >= 15 is 0 Å². The van der Waals surface area contributed by atoms with Crippen LogP contribution in [0.1, 0.15) is 0 Å². The highest BCUT2D eigenvalue weighted by molar-refractivity contribution is 7.89. The summed E-state index contributed by atoms with van der Waals surface area (Å²) < 4.78 is 27.6. The molecular formula is C14H15Cl3N4O3S. The first-order chi connectivity index (χ1) is 11.4. The molecule has 1 saturated heterocycles. The molecule has 25 heavy (non-hydrogen) atoms. The van der Waals surface area contributed by atoms with Gasteiger partial charge in [-0.25, -0.2) is 8.42 Å². The molecule has 0 radical (unpaired) electrons. The van der Waals surface area contributed by atoms with Crippen molar-refractivity contribution in [1.82, 2.24) is 19.4 Å². The van der Waals surface area contributed by atoms with Crippen molar-refractivity contribution in [2.45, 2.75) is 4.90 Å². The summed E-state index contributed by atoms with van der Waals surface area (Å²) in [5.41, 5.74) is -0.167. The molecule has 136 valence electrons. The molecule has 0 saturated carbocycles. The van der Waals surface area contributed by atoms with E-state index in [0.29, 0.717) is 31.9 Å². The number of piperazine rings is 1. The zero-order valence-corrected chi connectivity index (χ0v) is 16.0. The molecule has 1 aromatic carbocycles. The van der Waals surface area contributed by atoms with Gasteiger partial charge in [-0.2, -0.15) is 14.1 Å². The number of hydrogen-bond acceptors (Lipinski definition) is 5. The molecule has 1 aromatic heterocycles. The minimum Gasteiger partial charge on any atom is -0.314 e. The van der Waals surface area contributed by atoms with Gasteiger partial charge in [0.25, 0.3) is 5.56 Å². The van der Waals surface area contributed by atoms with E-state index in [1.807, 2.05) is 0 Å². The fourth-order valence-electron chi connectivity index (χ4n) is 2.39. The summed E-state index contributed by atoms with van der Waals surface area (Å²) in [7, 11) is -3.55. The second kappa shape index (κ2) is 8.03. The quantitative estimate of drug-likeness (QED) is 0.807. The summed E-state index contributed by atoms with van der Waals surface area (Å²) in [5.74, 6) is 0. The fraction of sp³-hybridized carbons (Fsp3) is 0.286. The van der Waals surface area contributed by atoms with Crippen molar-refractivity contribution in [2.75, 3.05) is 26.2 Å². The lowest BCUT2D eigenvalue weighted by Crippen LogP contribution is -2.46. The Morgan fingerprint density at radius 3 is 2.28 bits per heavy atom. The van der Waals surface area contributed by atoms with Crippen molar-refractivity contribution in [3.05, 3.63) is 50.9 Å². The zero-order valence-electron chi connectivity index (χ0n) is 12.9. The first-order valence-electron chi connectivity index (χ1n) is 7.16. The highest BCUT2D eigenvalue weighted by Crippen LogP contribution is 2.19. The van der Waals surface area contributed by atoms with Gasteiger partial charge in [0.05, 0.1) is 21.8 Å². The fourth-order valence-corrected chi connectivity index (χ4v) is 4.08. The summed E-state index contributed by atoms with van der Waals surface area (Å²) in [4.78, 5) is 12.2. The van der Waals surface area contributed by atoms with E-state index in [1.54, 1.807) is 0 Å². The van der Waals surface area contributed by atoms with Crippen molar-refractivity contribution in [3.8, 4) is 5.69 Å². The number of sulfonamides is 1. The highest BCUT2D eigenvalue weighted by atomic mass is 35.5. The smallest absolute Gasteiger partial charge is 0.291 e. The molecule has 3 rings (SSSR count). The summed E-state index contributed by atoms with van der Waals surface area (Å²) in [6, 6.07) is 5.91. The zero-order chi connectivity index (χ0) is 17.3. The van der Waals surface area contributed by atoms with E-state index in [0.717, 1.165) is 4.68 Å². The Morgan fingerprint density at radius 2 is 1.68 bits per heavy atom. The monoisotopic (exact) mass is 424 g/mol. The van der Waals surface area contributed by atoms with Gasteiger partial charge >= 0.3 is 0 Å². The maximum absolute atomic E-state index is 12.6. The lowest BCUT2D eigenvalue weighted by atomic mass is 10.3. The van der Waals surface area contributed by atoms with E-state index < -0.39 is 15.6 Å². The summed E-state index contributed by atoms with van der Waals surface area (Å²) in [6.45, 7) is 2.11. The lowest BCUT2D eigenvalue weighted by Gasteiger charge is -2.26. The molecule has 1 aliphatic heterocycles. The first kappa shape index (κ1) is 20.2. The summed E-state index contributed by atoms with van der Waals surface area (Å²) in [5, 5.41) is 6.95. The van der Waals surface area contributed by atoms with Crippen molar-refractivity contribution >= 4 is 45.6 Å². The van der Waals surface area contributed by atoms with E-state index in [9.17, 15) is 13.2 Å². The Morgan fingerprint density at radius 1 is 1.08 bits per heavy atom. The number of nitrogens with zero attached hydrogens (tertiary/aromatic N) is 3. The van der Waals surface area contributed by atoms with Crippen molar-refractivity contribution in [3.63, 3.8) is 0 Å². The SMILES string of the molecule is Cl.O=c1c(Cl)c(Cl)cnn1-c1ccc(S(=O)(=O)N2CCNCC2)cc1. The van der Waals surface area contributed by atoms with Crippen LogP contribution in [0.25, 0.3) is 5.69 Å². The number of benzene rings is 1. The molecule has 0 spiro atoms. The summed E-state index contributed by atoms with van der Waals surface area (Å²) >= 11 is 11.6. The third-order valence-corrected chi connectivity index (χ3v) is 6.33. The molecule has 0 unspecified atom stereocenters. The number of rotatable bonds is 3. The average Bonchev–Trinajstić information content (AvgIpc) is 2.61. The second-order valence-electron chi connectivity index (χ2n) is 5.17. The van der Waals surface area contributed by atoms with Gasteiger partial charge in [0.1, 0.15) is 5.02 Å². The van der Waals surface area contributed by atoms with Crippen LogP contribution in [-0.2, 0) is 10.0 Å². The topological polar surface area (TPSA) is 84.3 Å². The van der Waals surface area contributed by atoms with Crippen LogP contribution in [0.4, 0.5) is 0 Å². The van der Waals surface area contributed by atoms with Gasteiger partial charge in [-0.15, -0.1) is 12.4 Å². The molecule has 1 aliphatic rings. The van der Waals surface area contributed by atoms with Crippen LogP contribution in [0, 0.1) is 0 Å². The summed E-state index contributed by atoms with van der Waals surface area (Å²) in [6.07, 6.45) is 1.26. The average molecular weight is 426 g/mol. The number of aromatic nitrogens is 2. The van der Waals surface area contributed by atoms with Crippen LogP contribution >= 0.6 is 35.6 Å². The Hall–Kier alpha value is -1.16. The van der Waals surface area contributed by atoms with Gasteiger partial charge in [0.15, 0.2) is 0 Å². The van der Waals surface area contributed by atoms with Gasteiger partial charge in [0, 0.05) is 26.2 Å². The van der Waals surface area contributed by atoms with Crippen LogP contribution in [0.2, 0.25) is 10.0 Å². The van der Waals surface area contributed by atoms with Crippen molar-refractivity contribution in [2.24, 2.45) is 0 Å². The number of nitrogens with one attached hydrogen (secondary N) is 1. The maximum atomic E-state index is 12.6. The predicted octanol–water partition coefficient (Wildman–Crippen LogP) is 1.55. The molecule has 0 bridgehead atoms. The van der Waals surface area contributed by atoms with Gasteiger partial charge in [-0.1, -0.05) is 23.2 Å². The molecule has 0 atom stereocenters. The first-order valence-corrected chi connectivity index (χ1v) is 9.35. The van der Waals surface area contributed by atoms with Gasteiger partial charge < -0.3 is 5.32 Å². The predicted molar refractivity (Wildman–Crippen MR) is 98.7 cm³/mol. The minimum atomic E-state index is -3.55. The van der Waals surface area contributed by atoms with Crippen molar-refractivity contribution < 1.29 is 8.42 Å². The molecule has 2 heterocycles. The molecule has 1 N–H and O–H groups in total. The Kier molecular flexibility index (Phi) is 6.47. The Labute approximate surface area is 161 Å². The minimum absolute atomic E-state index is 0. The van der Waals surface area contributed by atoms with Gasteiger partial charge in [0.2, 0.25) is 10.0 Å². The highest BCUT2D eigenvalue weighted by Gasteiger charge is 2.25. The third kappa shape index (κ3) is 3.99. The Bertz CT molecular complexity index is 910. The molecular weight excluding hydrogens is 411 g/mol. The van der Waals surface area contributed by atoms with Crippen LogP contribution < -0.4 is 10.9 Å². The molecule has 7 nitrogen and oxygen atoms in total. The molecule has 11 heteroatoms.